The van der Waals surface area contributed by atoms with Gasteiger partial charge in [-0.25, -0.2) is 4.79 Å². The number of urea groups is 1. The van der Waals surface area contributed by atoms with E-state index in [2.05, 4.69) is 29.0 Å². The van der Waals surface area contributed by atoms with Gasteiger partial charge in [0.15, 0.2) is 0 Å². The van der Waals surface area contributed by atoms with E-state index in [1.165, 1.54) is 0 Å². The number of piperidine rings is 1. The lowest BCUT2D eigenvalue weighted by Crippen LogP contribution is -2.52. The van der Waals surface area contributed by atoms with Crippen LogP contribution in [-0.2, 0) is 0 Å². The van der Waals surface area contributed by atoms with Gasteiger partial charge in [0.05, 0.1) is 0 Å². The molecule has 20 heavy (non-hydrogen) atoms. The fraction of sp³-hybridized carbons (Fsp3) is 0.800. The molecular formula is C15H28ClN3O. The molecule has 1 fully saturated rings. The Morgan fingerprint density at radius 2 is 2.15 bits per heavy atom. The Labute approximate surface area is 127 Å². The lowest BCUT2D eigenvalue weighted by molar-refractivity contribution is 0.161. The van der Waals surface area contributed by atoms with Crippen molar-refractivity contribution in [3.63, 3.8) is 0 Å². The predicted molar refractivity (Wildman–Crippen MR) is 85.0 cm³/mol. The fourth-order valence-corrected chi connectivity index (χ4v) is 2.76. The molecule has 2 unspecified atom stereocenters. The number of carbonyl (C=O) groups is 1. The monoisotopic (exact) mass is 301 g/mol. The van der Waals surface area contributed by atoms with Gasteiger partial charge in [-0.05, 0) is 53.0 Å². The summed E-state index contributed by atoms with van der Waals surface area (Å²) < 4.78 is 0. The Bertz CT molecular complexity index is 352. The molecule has 2 N–H and O–H groups in total. The molecule has 1 heterocycles. The Morgan fingerprint density at radius 1 is 1.50 bits per heavy atom. The number of rotatable bonds is 4. The molecule has 0 aliphatic carbocycles. The molecule has 4 nitrogen and oxygen atoms in total. The van der Waals surface area contributed by atoms with Gasteiger partial charge in [0.25, 0.3) is 0 Å². The second-order valence-electron chi connectivity index (χ2n) is 6.79. The summed E-state index contributed by atoms with van der Waals surface area (Å²) in [6.45, 7) is 14.5. The maximum absolute atomic E-state index is 11.9. The second-order valence-corrected chi connectivity index (χ2v) is 7.33. The van der Waals surface area contributed by atoms with Crippen LogP contribution in [0.3, 0.4) is 0 Å². The fourth-order valence-electron chi connectivity index (χ4n) is 2.59. The van der Waals surface area contributed by atoms with Crippen LogP contribution < -0.4 is 10.6 Å². The van der Waals surface area contributed by atoms with Gasteiger partial charge in [0.1, 0.15) is 0 Å². The molecule has 0 spiro atoms. The van der Waals surface area contributed by atoms with Gasteiger partial charge in [0, 0.05) is 29.7 Å². The topological polar surface area (TPSA) is 44.4 Å². The first-order chi connectivity index (χ1) is 9.17. The van der Waals surface area contributed by atoms with E-state index >= 15 is 0 Å². The molecule has 0 aromatic heterocycles. The normalized spacial score (nSPS) is 22.1. The number of hydrogen-bond donors (Lipinski definition) is 2. The largest absolute Gasteiger partial charge is 0.335 e. The number of hydrogen-bond acceptors (Lipinski definition) is 2. The number of nitrogens with zero attached hydrogens (tertiary/aromatic N) is 1. The Kier molecular flexibility index (Phi) is 6.34. The second kappa shape index (κ2) is 7.32. The molecule has 0 bridgehead atoms. The van der Waals surface area contributed by atoms with E-state index in [-0.39, 0.29) is 17.6 Å². The van der Waals surface area contributed by atoms with Crippen LogP contribution in [0.15, 0.2) is 11.6 Å². The van der Waals surface area contributed by atoms with Crippen LogP contribution >= 0.6 is 11.6 Å². The van der Waals surface area contributed by atoms with Crippen molar-refractivity contribution in [2.24, 2.45) is 5.92 Å². The van der Waals surface area contributed by atoms with E-state index in [1.807, 2.05) is 20.8 Å². The van der Waals surface area contributed by atoms with Crippen molar-refractivity contribution in [1.29, 1.82) is 0 Å². The van der Waals surface area contributed by atoms with Gasteiger partial charge >= 0.3 is 6.03 Å². The molecular weight excluding hydrogens is 274 g/mol. The summed E-state index contributed by atoms with van der Waals surface area (Å²) in [7, 11) is 0. The van der Waals surface area contributed by atoms with Crippen molar-refractivity contribution < 1.29 is 4.79 Å². The summed E-state index contributed by atoms with van der Waals surface area (Å²) in [5.41, 5.74) is -0.210. The standard InChI is InChI=1S/C15H28ClN3O/c1-11(16)9-19-8-6-7-13(10-19)12(2)17-14(20)18-15(3,4)5/h12-13H,1,6-10H2,2-5H3,(H2,17,18,20). The smallest absolute Gasteiger partial charge is 0.315 e. The maximum atomic E-state index is 11.9. The van der Waals surface area contributed by atoms with Gasteiger partial charge in [-0.2, -0.15) is 0 Å². The van der Waals surface area contributed by atoms with Crippen LogP contribution in [0.1, 0.15) is 40.5 Å². The third kappa shape index (κ3) is 6.62. The molecule has 0 saturated carbocycles. The minimum absolute atomic E-state index is 0.0936. The first-order valence-corrected chi connectivity index (χ1v) is 7.69. The third-order valence-electron chi connectivity index (χ3n) is 3.49. The minimum Gasteiger partial charge on any atom is -0.335 e. The zero-order valence-electron chi connectivity index (χ0n) is 13.1. The molecule has 1 aliphatic rings. The summed E-state index contributed by atoms with van der Waals surface area (Å²) in [6.07, 6.45) is 2.28. The molecule has 2 atom stereocenters. The van der Waals surface area contributed by atoms with E-state index < -0.39 is 0 Å². The summed E-state index contributed by atoms with van der Waals surface area (Å²) in [4.78, 5) is 14.2. The predicted octanol–water partition coefficient (Wildman–Crippen LogP) is 2.94. The summed E-state index contributed by atoms with van der Waals surface area (Å²) in [5, 5.41) is 6.66. The van der Waals surface area contributed by atoms with Crippen LogP contribution in [0.2, 0.25) is 0 Å². The number of amides is 2. The average molecular weight is 302 g/mol. The summed E-state index contributed by atoms with van der Waals surface area (Å²) in [5.74, 6) is 0.463. The van der Waals surface area contributed by atoms with E-state index in [4.69, 9.17) is 11.6 Å². The van der Waals surface area contributed by atoms with Crippen molar-refractivity contribution in [3.05, 3.63) is 11.6 Å². The van der Waals surface area contributed by atoms with Crippen LogP contribution in [0, 0.1) is 5.92 Å². The third-order valence-corrected chi connectivity index (χ3v) is 3.61. The first kappa shape index (κ1) is 17.3. The average Bonchev–Trinajstić information content (AvgIpc) is 2.25. The molecule has 116 valence electrons. The highest BCUT2D eigenvalue weighted by atomic mass is 35.5. The van der Waals surface area contributed by atoms with Crippen LogP contribution in [0.4, 0.5) is 4.79 Å². The van der Waals surface area contributed by atoms with Crippen molar-refractivity contribution in [2.75, 3.05) is 19.6 Å². The van der Waals surface area contributed by atoms with Crippen LogP contribution in [0.5, 0.6) is 0 Å². The maximum Gasteiger partial charge on any atom is 0.315 e. The molecule has 1 saturated heterocycles. The number of halogens is 1. The number of likely N-dealkylation sites (tertiary alicyclic amines) is 1. The minimum atomic E-state index is -0.210. The molecule has 1 rings (SSSR count). The van der Waals surface area contributed by atoms with Crippen molar-refractivity contribution in [3.8, 4) is 0 Å². The molecule has 0 aromatic rings. The summed E-state index contributed by atoms with van der Waals surface area (Å²) >= 11 is 5.88. The lowest BCUT2D eigenvalue weighted by Gasteiger charge is -2.36. The van der Waals surface area contributed by atoms with E-state index in [1.54, 1.807) is 0 Å². The van der Waals surface area contributed by atoms with Crippen LogP contribution in [-0.4, -0.2) is 42.1 Å². The quantitative estimate of drug-likeness (QED) is 0.838. The van der Waals surface area contributed by atoms with Crippen LogP contribution in [0.25, 0.3) is 0 Å². The molecule has 2 amide bonds. The van der Waals surface area contributed by atoms with E-state index in [0.717, 1.165) is 32.5 Å². The molecule has 0 radical (unpaired) electrons. The van der Waals surface area contributed by atoms with Crippen molar-refractivity contribution in [1.82, 2.24) is 15.5 Å². The lowest BCUT2D eigenvalue weighted by atomic mass is 9.91. The highest BCUT2D eigenvalue weighted by Gasteiger charge is 2.26. The van der Waals surface area contributed by atoms with E-state index in [0.29, 0.717) is 11.0 Å². The highest BCUT2D eigenvalue weighted by Crippen LogP contribution is 2.20. The highest BCUT2D eigenvalue weighted by molar-refractivity contribution is 6.29. The van der Waals surface area contributed by atoms with Gasteiger partial charge in [-0.3, -0.25) is 4.90 Å². The Hall–Kier alpha value is -0.740. The molecule has 0 aromatic carbocycles. The Balaban J connectivity index is 2.44. The zero-order valence-corrected chi connectivity index (χ0v) is 13.9. The molecule has 1 aliphatic heterocycles. The van der Waals surface area contributed by atoms with Gasteiger partial charge in [0.2, 0.25) is 0 Å². The SMILES string of the molecule is C=C(Cl)CN1CCCC(C(C)NC(=O)NC(C)(C)C)C1. The van der Waals surface area contributed by atoms with Crippen molar-refractivity contribution in [2.45, 2.75) is 52.1 Å². The van der Waals surface area contributed by atoms with Gasteiger partial charge in [-0.15, -0.1) is 0 Å². The Morgan fingerprint density at radius 3 is 2.70 bits per heavy atom. The van der Waals surface area contributed by atoms with Gasteiger partial charge < -0.3 is 10.6 Å². The van der Waals surface area contributed by atoms with Crippen molar-refractivity contribution >= 4 is 17.6 Å². The number of nitrogens with one attached hydrogen (secondary N) is 2. The first-order valence-electron chi connectivity index (χ1n) is 7.31. The zero-order chi connectivity index (χ0) is 15.3. The molecule has 5 heteroatoms. The van der Waals surface area contributed by atoms with E-state index in [9.17, 15) is 4.79 Å². The summed E-state index contributed by atoms with van der Waals surface area (Å²) in [6, 6.07) is 0.0626. The van der Waals surface area contributed by atoms with Gasteiger partial charge in [-0.1, -0.05) is 18.2 Å². The number of carbonyl (C=O) groups excluding carboxylic acids is 1.